The molecule has 0 saturated heterocycles. The van der Waals surface area contributed by atoms with Gasteiger partial charge in [0, 0.05) is 5.92 Å². The van der Waals surface area contributed by atoms with Crippen LogP contribution in [0.4, 0.5) is 0 Å². The number of hydrogen-bond acceptors (Lipinski definition) is 2. The molecule has 0 spiro atoms. The molecule has 0 fully saturated rings. The summed E-state index contributed by atoms with van der Waals surface area (Å²) in [5.41, 5.74) is 7.60. The van der Waals surface area contributed by atoms with Gasteiger partial charge in [-0.05, 0) is 43.4 Å². The molecule has 2 unspecified atom stereocenters. The van der Waals surface area contributed by atoms with Gasteiger partial charge in [0.25, 0.3) is 0 Å². The fourth-order valence-electron chi connectivity index (χ4n) is 3.17. The zero-order valence-electron chi connectivity index (χ0n) is 10.7. The van der Waals surface area contributed by atoms with E-state index in [0.29, 0.717) is 6.54 Å². The Morgan fingerprint density at radius 2 is 2.18 bits per heavy atom. The highest BCUT2D eigenvalue weighted by molar-refractivity contribution is 5.35. The van der Waals surface area contributed by atoms with Gasteiger partial charge < -0.3 is 10.8 Å². The first kappa shape index (κ1) is 12.6. The summed E-state index contributed by atoms with van der Waals surface area (Å²) < 4.78 is 0. The summed E-state index contributed by atoms with van der Waals surface area (Å²) in [6.07, 6.45) is 5.08. The summed E-state index contributed by atoms with van der Waals surface area (Å²) in [6, 6.07) is 8.29. The minimum atomic E-state index is -0.695. The Balaban J connectivity index is 2.37. The van der Waals surface area contributed by atoms with Gasteiger partial charge in [0.05, 0.1) is 5.60 Å². The Morgan fingerprint density at radius 3 is 2.88 bits per heavy atom. The number of rotatable bonds is 4. The summed E-state index contributed by atoms with van der Waals surface area (Å²) in [5, 5.41) is 11.0. The van der Waals surface area contributed by atoms with Crippen molar-refractivity contribution in [3.05, 3.63) is 35.4 Å². The van der Waals surface area contributed by atoms with E-state index < -0.39 is 5.60 Å². The molecule has 0 bridgehead atoms. The molecule has 0 radical (unpaired) electrons. The van der Waals surface area contributed by atoms with Gasteiger partial charge >= 0.3 is 0 Å². The first-order valence-corrected chi connectivity index (χ1v) is 6.73. The highest BCUT2D eigenvalue weighted by Crippen LogP contribution is 2.42. The van der Waals surface area contributed by atoms with Crippen molar-refractivity contribution in [3.63, 3.8) is 0 Å². The van der Waals surface area contributed by atoms with Crippen LogP contribution in [0.5, 0.6) is 0 Å². The van der Waals surface area contributed by atoms with Crippen LogP contribution >= 0.6 is 0 Å². The fourth-order valence-corrected chi connectivity index (χ4v) is 3.17. The third-order valence-corrected chi connectivity index (χ3v) is 4.08. The molecule has 1 aliphatic rings. The minimum absolute atomic E-state index is 0.189. The SMILES string of the molecule is CCCC(CN)C1(O)CCCc2ccccc21. The number of benzene rings is 1. The van der Waals surface area contributed by atoms with Crippen molar-refractivity contribution in [1.29, 1.82) is 0 Å². The molecule has 0 heterocycles. The number of nitrogens with two attached hydrogens (primary N) is 1. The van der Waals surface area contributed by atoms with Gasteiger partial charge in [0.15, 0.2) is 0 Å². The second-order valence-corrected chi connectivity index (χ2v) is 5.16. The summed E-state index contributed by atoms with van der Waals surface area (Å²) in [6.45, 7) is 2.72. The zero-order chi connectivity index (χ0) is 12.3. The molecule has 17 heavy (non-hydrogen) atoms. The summed E-state index contributed by atoms with van der Waals surface area (Å²) in [5.74, 6) is 0.189. The minimum Gasteiger partial charge on any atom is -0.385 e. The molecule has 2 rings (SSSR count). The number of aryl methyl sites for hydroxylation is 1. The van der Waals surface area contributed by atoms with Crippen molar-refractivity contribution in [1.82, 2.24) is 0 Å². The lowest BCUT2D eigenvalue weighted by Crippen LogP contribution is -2.42. The Bertz CT molecular complexity index is 377. The van der Waals surface area contributed by atoms with Crippen molar-refractivity contribution < 1.29 is 5.11 Å². The third kappa shape index (κ3) is 2.24. The van der Waals surface area contributed by atoms with Gasteiger partial charge in [0.1, 0.15) is 0 Å². The lowest BCUT2D eigenvalue weighted by Gasteiger charge is -2.40. The van der Waals surface area contributed by atoms with Crippen LogP contribution in [0.25, 0.3) is 0 Å². The van der Waals surface area contributed by atoms with Crippen LogP contribution in [0.15, 0.2) is 24.3 Å². The second kappa shape index (κ2) is 5.19. The second-order valence-electron chi connectivity index (χ2n) is 5.16. The molecule has 0 amide bonds. The summed E-state index contributed by atoms with van der Waals surface area (Å²) >= 11 is 0. The van der Waals surface area contributed by atoms with E-state index in [0.717, 1.165) is 37.7 Å². The predicted octanol–water partition coefficient (Wildman–Crippen LogP) is 2.59. The van der Waals surface area contributed by atoms with Crippen LogP contribution in [0, 0.1) is 5.92 Å². The van der Waals surface area contributed by atoms with Crippen LogP contribution in [-0.2, 0) is 12.0 Å². The maximum Gasteiger partial charge on any atom is 0.0939 e. The van der Waals surface area contributed by atoms with Crippen molar-refractivity contribution in [2.45, 2.75) is 44.6 Å². The number of fused-ring (bicyclic) bond motifs is 1. The zero-order valence-corrected chi connectivity index (χ0v) is 10.7. The van der Waals surface area contributed by atoms with Gasteiger partial charge in [-0.2, -0.15) is 0 Å². The average Bonchev–Trinajstić information content (AvgIpc) is 2.36. The van der Waals surface area contributed by atoms with Crippen molar-refractivity contribution in [2.24, 2.45) is 11.7 Å². The standard InChI is InChI=1S/C15H23NO/c1-2-6-13(11-16)15(17)10-5-8-12-7-3-4-9-14(12)15/h3-4,7,9,13,17H,2,5-6,8,10-11,16H2,1H3. The molecule has 0 saturated carbocycles. The monoisotopic (exact) mass is 233 g/mol. The van der Waals surface area contributed by atoms with Crippen molar-refractivity contribution in [2.75, 3.05) is 6.54 Å². The van der Waals surface area contributed by atoms with Crippen LogP contribution in [0.1, 0.15) is 43.7 Å². The Kier molecular flexibility index (Phi) is 3.85. The molecule has 2 nitrogen and oxygen atoms in total. The molecular formula is C15H23NO. The van der Waals surface area contributed by atoms with Gasteiger partial charge in [-0.25, -0.2) is 0 Å². The predicted molar refractivity (Wildman–Crippen MR) is 70.7 cm³/mol. The van der Waals surface area contributed by atoms with E-state index in [1.165, 1.54) is 5.56 Å². The normalized spacial score (nSPS) is 25.4. The highest BCUT2D eigenvalue weighted by Gasteiger charge is 2.40. The van der Waals surface area contributed by atoms with Crippen molar-refractivity contribution in [3.8, 4) is 0 Å². The molecule has 0 aromatic heterocycles. The van der Waals surface area contributed by atoms with E-state index in [9.17, 15) is 5.11 Å². The van der Waals surface area contributed by atoms with Crippen LogP contribution < -0.4 is 5.73 Å². The lowest BCUT2D eigenvalue weighted by atomic mass is 9.70. The van der Waals surface area contributed by atoms with E-state index in [1.807, 2.05) is 6.07 Å². The molecule has 94 valence electrons. The van der Waals surface area contributed by atoms with Gasteiger partial charge in [0.2, 0.25) is 0 Å². The first-order valence-electron chi connectivity index (χ1n) is 6.73. The summed E-state index contributed by atoms with van der Waals surface area (Å²) in [7, 11) is 0. The Labute approximate surface area is 104 Å². The van der Waals surface area contributed by atoms with E-state index in [2.05, 4.69) is 25.1 Å². The van der Waals surface area contributed by atoms with Gasteiger partial charge in [-0.15, -0.1) is 0 Å². The fraction of sp³-hybridized carbons (Fsp3) is 0.600. The molecule has 2 atom stereocenters. The largest absolute Gasteiger partial charge is 0.385 e. The van der Waals surface area contributed by atoms with E-state index in [1.54, 1.807) is 0 Å². The third-order valence-electron chi connectivity index (χ3n) is 4.08. The highest BCUT2D eigenvalue weighted by atomic mass is 16.3. The van der Waals surface area contributed by atoms with Crippen LogP contribution in [0.2, 0.25) is 0 Å². The average molecular weight is 233 g/mol. The van der Waals surface area contributed by atoms with E-state index in [-0.39, 0.29) is 5.92 Å². The van der Waals surface area contributed by atoms with Crippen LogP contribution in [-0.4, -0.2) is 11.7 Å². The maximum atomic E-state index is 11.0. The first-order chi connectivity index (χ1) is 8.22. The van der Waals surface area contributed by atoms with E-state index >= 15 is 0 Å². The smallest absolute Gasteiger partial charge is 0.0939 e. The van der Waals surface area contributed by atoms with E-state index in [4.69, 9.17) is 5.73 Å². The van der Waals surface area contributed by atoms with Gasteiger partial charge in [-0.3, -0.25) is 0 Å². The molecular weight excluding hydrogens is 210 g/mol. The van der Waals surface area contributed by atoms with Crippen LogP contribution in [0.3, 0.4) is 0 Å². The molecule has 3 N–H and O–H groups in total. The maximum absolute atomic E-state index is 11.0. The Hall–Kier alpha value is -0.860. The molecule has 1 aliphatic carbocycles. The Morgan fingerprint density at radius 1 is 1.41 bits per heavy atom. The molecule has 1 aromatic rings. The molecule has 1 aromatic carbocycles. The topological polar surface area (TPSA) is 46.2 Å². The summed E-state index contributed by atoms with van der Waals surface area (Å²) in [4.78, 5) is 0. The van der Waals surface area contributed by atoms with Crippen molar-refractivity contribution >= 4 is 0 Å². The lowest BCUT2D eigenvalue weighted by molar-refractivity contribution is -0.0395. The number of aliphatic hydroxyl groups is 1. The van der Waals surface area contributed by atoms with Gasteiger partial charge in [-0.1, -0.05) is 37.6 Å². The molecule has 2 heteroatoms. The molecule has 0 aliphatic heterocycles. The quantitative estimate of drug-likeness (QED) is 0.839. The number of hydrogen-bond donors (Lipinski definition) is 2.